The summed E-state index contributed by atoms with van der Waals surface area (Å²) in [5, 5.41) is 19.8. The number of benzene rings is 2. The number of phenols is 2. The minimum absolute atomic E-state index is 0.000496. The first kappa shape index (κ1) is 12.8. The quantitative estimate of drug-likeness (QED) is 0.762. The van der Waals surface area contributed by atoms with E-state index in [1.54, 1.807) is 6.07 Å². The van der Waals surface area contributed by atoms with Crippen LogP contribution in [0, 0.1) is 13.8 Å². The van der Waals surface area contributed by atoms with Crippen LogP contribution < -0.4 is 0 Å². The molecule has 0 aliphatic heterocycles. The Labute approximate surface area is 119 Å². The topological polar surface area (TPSA) is 40.5 Å². The van der Waals surface area contributed by atoms with Crippen molar-refractivity contribution in [3.8, 4) is 22.6 Å². The fourth-order valence-electron chi connectivity index (χ4n) is 3.21. The number of aromatic hydroxyl groups is 2. The molecule has 0 amide bonds. The van der Waals surface area contributed by atoms with Crippen LogP contribution in [-0.2, 0) is 12.8 Å². The van der Waals surface area contributed by atoms with E-state index in [2.05, 4.69) is 25.6 Å². The summed E-state index contributed by atoms with van der Waals surface area (Å²) in [6.07, 6.45) is 3.71. The van der Waals surface area contributed by atoms with Crippen LogP contribution >= 0.6 is 0 Å². The van der Waals surface area contributed by atoms with Crippen molar-refractivity contribution in [2.45, 2.75) is 26.7 Å². The smallest absolute Gasteiger partial charge is 0.160 e. The number of hydrogen-bond acceptors (Lipinski definition) is 2. The lowest BCUT2D eigenvalue weighted by molar-refractivity contribution is 0.400. The number of aryl methyl sites for hydroxylation is 2. The van der Waals surface area contributed by atoms with Crippen LogP contribution in [0.15, 0.2) is 24.8 Å². The predicted octanol–water partition coefficient (Wildman–Crippen LogP) is 4.12. The molecule has 2 aromatic rings. The number of rotatable bonds is 1. The molecule has 2 aromatic carbocycles. The Morgan fingerprint density at radius 2 is 1.85 bits per heavy atom. The van der Waals surface area contributed by atoms with E-state index < -0.39 is 0 Å². The van der Waals surface area contributed by atoms with Gasteiger partial charge in [0.1, 0.15) is 0 Å². The molecule has 0 aromatic heterocycles. The highest BCUT2D eigenvalue weighted by Crippen LogP contribution is 2.44. The summed E-state index contributed by atoms with van der Waals surface area (Å²) < 4.78 is 0. The van der Waals surface area contributed by atoms with Gasteiger partial charge in [0.25, 0.3) is 0 Å². The Morgan fingerprint density at radius 3 is 2.55 bits per heavy atom. The third-order valence-corrected chi connectivity index (χ3v) is 4.19. The highest BCUT2D eigenvalue weighted by atomic mass is 16.3. The fraction of sp³-hybridized carbons (Fsp3) is 0.222. The fourth-order valence-corrected chi connectivity index (χ4v) is 3.21. The Hall–Kier alpha value is -2.22. The van der Waals surface area contributed by atoms with Crippen molar-refractivity contribution in [1.82, 2.24) is 0 Å². The van der Waals surface area contributed by atoms with Crippen molar-refractivity contribution < 1.29 is 10.2 Å². The van der Waals surface area contributed by atoms with Gasteiger partial charge in [0.05, 0.1) is 0 Å². The Kier molecular flexibility index (Phi) is 2.82. The van der Waals surface area contributed by atoms with Crippen molar-refractivity contribution in [3.05, 3.63) is 52.6 Å². The largest absolute Gasteiger partial charge is 0.504 e. The minimum Gasteiger partial charge on any atom is -0.504 e. The molecule has 1 aliphatic rings. The molecule has 0 radical (unpaired) electrons. The van der Waals surface area contributed by atoms with E-state index >= 15 is 0 Å². The Balaban J connectivity index is 2.38. The summed E-state index contributed by atoms with van der Waals surface area (Å²) in [7, 11) is 0. The van der Waals surface area contributed by atoms with Crippen molar-refractivity contribution in [2.75, 3.05) is 0 Å². The first-order valence-electron chi connectivity index (χ1n) is 6.83. The number of fused-ring (bicyclic) bond motifs is 3. The highest BCUT2D eigenvalue weighted by Gasteiger charge is 2.23. The lowest BCUT2D eigenvalue weighted by Gasteiger charge is -2.25. The molecule has 0 bridgehead atoms. The zero-order valence-corrected chi connectivity index (χ0v) is 11.8. The van der Waals surface area contributed by atoms with Gasteiger partial charge in [-0.15, -0.1) is 0 Å². The number of hydrogen-bond donors (Lipinski definition) is 2. The van der Waals surface area contributed by atoms with Crippen LogP contribution in [0.4, 0.5) is 0 Å². The van der Waals surface area contributed by atoms with Crippen LogP contribution in [0.5, 0.6) is 11.5 Å². The molecule has 0 heterocycles. The molecule has 0 fully saturated rings. The third kappa shape index (κ3) is 1.72. The Bertz CT molecular complexity index is 727. The van der Waals surface area contributed by atoms with Crippen LogP contribution in [0.1, 0.15) is 27.8 Å². The minimum atomic E-state index is -0.0512. The van der Waals surface area contributed by atoms with Gasteiger partial charge in [-0.3, -0.25) is 0 Å². The molecule has 2 N–H and O–H groups in total. The summed E-state index contributed by atoms with van der Waals surface area (Å²) in [6.45, 7) is 7.85. The summed E-state index contributed by atoms with van der Waals surface area (Å²) in [4.78, 5) is 0. The van der Waals surface area contributed by atoms with E-state index in [1.807, 2.05) is 13.0 Å². The SMILES string of the molecule is C=Cc1cc(C)cc2c1-c1cc(O)c(O)c(C)c1CC2. The second-order valence-electron chi connectivity index (χ2n) is 5.49. The van der Waals surface area contributed by atoms with Crippen molar-refractivity contribution in [3.63, 3.8) is 0 Å². The average molecular weight is 266 g/mol. The molecular weight excluding hydrogens is 248 g/mol. The van der Waals surface area contributed by atoms with E-state index in [-0.39, 0.29) is 11.5 Å². The van der Waals surface area contributed by atoms with E-state index in [1.165, 1.54) is 11.1 Å². The summed E-state index contributed by atoms with van der Waals surface area (Å²) in [5.41, 5.74) is 7.67. The third-order valence-electron chi connectivity index (χ3n) is 4.19. The van der Waals surface area contributed by atoms with E-state index in [0.717, 1.165) is 40.7 Å². The predicted molar refractivity (Wildman–Crippen MR) is 82.2 cm³/mol. The van der Waals surface area contributed by atoms with Crippen LogP contribution in [0.3, 0.4) is 0 Å². The zero-order chi connectivity index (χ0) is 14.4. The van der Waals surface area contributed by atoms with Crippen molar-refractivity contribution >= 4 is 6.08 Å². The molecule has 0 saturated heterocycles. The first-order chi connectivity index (χ1) is 9.52. The lowest BCUT2D eigenvalue weighted by Crippen LogP contribution is -2.08. The standard InChI is InChI=1S/C18H18O2/c1-4-12-7-10(2)8-13-5-6-14-11(3)18(20)16(19)9-15(14)17(12)13/h4,7-9,19-20H,1,5-6H2,2-3H3. The lowest BCUT2D eigenvalue weighted by atomic mass is 9.80. The first-order valence-corrected chi connectivity index (χ1v) is 6.83. The van der Waals surface area contributed by atoms with E-state index in [4.69, 9.17) is 0 Å². The normalized spacial score (nSPS) is 12.7. The molecule has 0 saturated carbocycles. The molecule has 2 nitrogen and oxygen atoms in total. The molecule has 102 valence electrons. The van der Waals surface area contributed by atoms with Crippen molar-refractivity contribution in [2.24, 2.45) is 0 Å². The molecular formula is C18H18O2. The highest BCUT2D eigenvalue weighted by molar-refractivity contribution is 5.84. The summed E-state index contributed by atoms with van der Waals surface area (Å²) >= 11 is 0. The van der Waals surface area contributed by atoms with Crippen LogP contribution in [0.2, 0.25) is 0 Å². The maximum atomic E-state index is 9.92. The summed E-state index contributed by atoms with van der Waals surface area (Å²) in [5.74, 6) is -0.0517. The monoisotopic (exact) mass is 266 g/mol. The molecule has 3 rings (SSSR count). The maximum absolute atomic E-state index is 9.92. The van der Waals surface area contributed by atoms with Crippen LogP contribution in [-0.4, -0.2) is 10.2 Å². The van der Waals surface area contributed by atoms with Gasteiger partial charge in [0, 0.05) is 0 Å². The molecule has 0 unspecified atom stereocenters. The Morgan fingerprint density at radius 1 is 1.10 bits per heavy atom. The maximum Gasteiger partial charge on any atom is 0.160 e. The van der Waals surface area contributed by atoms with E-state index in [9.17, 15) is 10.2 Å². The molecule has 2 heteroatoms. The van der Waals surface area contributed by atoms with Gasteiger partial charge >= 0.3 is 0 Å². The molecule has 0 spiro atoms. The second kappa shape index (κ2) is 4.41. The van der Waals surface area contributed by atoms with Crippen molar-refractivity contribution in [1.29, 1.82) is 0 Å². The summed E-state index contributed by atoms with van der Waals surface area (Å²) in [6, 6.07) is 5.99. The zero-order valence-electron chi connectivity index (χ0n) is 11.8. The number of phenolic OH excluding ortho intramolecular Hbond substituents is 2. The van der Waals surface area contributed by atoms with Crippen LogP contribution in [0.25, 0.3) is 17.2 Å². The van der Waals surface area contributed by atoms with Gasteiger partial charge < -0.3 is 10.2 Å². The van der Waals surface area contributed by atoms with Gasteiger partial charge in [0.15, 0.2) is 11.5 Å². The second-order valence-corrected chi connectivity index (χ2v) is 5.49. The molecule has 0 atom stereocenters. The average Bonchev–Trinajstić information content (AvgIpc) is 2.43. The molecule has 1 aliphatic carbocycles. The van der Waals surface area contributed by atoms with Gasteiger partial charge in [-0.05, 0) is 66.1 Å². The van der Waals surface area contributed by atoms with E-state index in [0.29, 0.717) is 0 Å². The van der Waals surface area contributed by atoms with Gasteiger partial charge in [-0.1, -0.05) is 30.4 Å². The van der Waals surface area contributed by atoms with Gasteiger partial charge in [0.2, 0.25) is 0 Å². The van der Waals surface area contributed by atoms with Gasteiger partial charge in [-0.25, -0.2) is 0 Å². The van der Waals surface area contributed by atoms with Gasteiger partial charge in [-0.2, -0.15) is 0 Å². The molecule has 20 heavy (non-hydrogen) atoms.